The van der Waals surface area contributed by atoms with Crippen LogP contribution in [0, 0.1) is 11.6 Å². The predicted octanol–water partition coefficient (Wildman–Crippen LogP) is 15.4. The van der Waals surface area contributed by atoms with Gasteiger partial charge in [-0.15, -0.1) is 0 Å². The van der Waals surface area contributed by atoms with E-state index in [0.29, 0.717) is 11.5 Å². The molecule has 0 amide bonds. The molecule has 0 N–H and O–H groups in total. The van der Waals surface area contributed by atoms with Gasteiger partial charge in [0.25, 0.3) is 0 Å². The maximum atomic E-state index is 14.7. The van der Waals surface area contributed by atoms with Gasteiger partial charge in [-0.05, 0) is 106 Å². The van der Waals surface area contributed by atoms with Gasteiger partial charge in [-0.1, -0.05) is 109 Å². The number of hydrogen-bond acceptors (Lipinski definition) is 4. The molecule has 58 heavy (non-hydrogen) atoms. The second-order valence-electron chi connectivity index (χ2n) is 14.0. The van der Waals surface area contributed by atoms with Crippen LogP contribution in [-0.2, 0) is 0 Å². The molecule has 10 aromatic carbocycles. The number of benzene rings is 10. The Hall–Kier alpha value is -7.70. The summed E-state index contributed by atoms with van der Waals surface area (Å²) in [4.78, 5) is 4.44. The Morgan fingerprint density at radius 3 is 1.14 bits per heavy atom. The molecule has 10 rings (SSSR count). The lowest BCUT2D eigenvalue weighted by molar-refractivity contribution is 0.442. The highest BCUT2D eigenvalue weighted by atomic mass is 19.1. The summed E-state index contributed by atoms with van der Waals surface area (Å²) < 4.78 is 41.5. The molecule has 0 aliphatic carbocycles. The maximum absolute atomic E-state index is 14.7. The molecule has 0 atom stereocenters. The largest absolute Gasteiger partial charge is 0.454 e. The molecule has 0 aromatic heterocycles. The van der Waals surface area contributed by atoms with Gasteiger partial charge in [0.15, 0.2) is 23.1 Å². The Labute approximate surface area is 334 Å². The van der Waals surface area contributed by atoms with E-state index in [1.807, 2.05) is 84.9 Å². The quantitative estimate of drug-likeness (QED) is 0.130. The zero-order valence-electron chi connectivity index (χ0n) is 31.1. The minimum absolute atomic E-state index is 0.165. The molecule has 0 heterocycles. The summed E-state index contributed by atoms with van der Waals surface area (Å²) in [6.45, 7) is 0. The second kappa shape index (κ2) is 14.8. The molecule has 0 saturated heterocycles. The van der Waals surface area contributed by atoms with Gasteiger partial charge in [0, 0.05) is 45.7 Å². The number of para-hydroxylation sites is 4. The molecule has 0 bridgehead atoms. The van der Waals surface area contributed by atoms with Crippen molar-refractivity contribution in [3.63, 3.8) is 0 Å². The summed E-state index contributed by atoms with van der Waals surface area (Å²) in [6.07, 6.45) is 0. The van der Waals surface area contributed by atoms with Crippen molar-refractivity contribution in [2.24, 2.45) is 0 Å². The van der Waals surface area contributed by atoms with Crippen LogP contribution in [0.2, 0.25) is 0 Å². The summed E-state index contributed by atoms with van der Waals surface area (Å²) in [5.74, 6) is 0.531. The first kappa shape index (κ1) is 34.8. The Kier molecular flexibility index (Phi) is 8.84. The first-order valence-corrected chi connectivity index (χ1v) is 19.0. The van der Waals surface area contributed by atoms with E-state index in [1.165, 1.54) is 12.1 Å². The topological polar surface area (TPSA) is 24.9 Å². The van der Waals surface area contributed by atoms with Crippen molar-refractivity contribution in [2.75, 3.05) is 9.80 Å². The van der Waals surface area contributed by atoms with E-state index in [0.717, 1.165) is 66.4 Å². The van der Waals surface area contributed by atoms with Crippen molar-refractivity contribution in [2.45, 2.75) is 0 Å². The Morgan fingerprint density at radius 1 is 0.328 bits per heavy atom. The smallest absolute Gasteiger partial charge is 0.165 e. The van der Waals surface area contributed by atoms with Gasteiger partial charge < -0.3 is 19.3 Å². The van der Waals surface area contributed by atoms with Crippen molar-refractivity contribution in [3.8, 4) is 23.0 Å². The standard InChI is InChI=1S/C52H34F2N2O2/c53-45-21-7-9-23-49(45)57-41-19-11-17-39(33-41)55(37-13-3-1-4-14-37)47-31-27-35-26-30-44-48(32-28-36-25-29-43(47)51(35)52(36)44)56(38-15-5-2-6-16-38)40-18-12-20-42(34-40)58-50-24-10-8-22-46(50)54/h1-34H. The van der Waals surface area contributed by atoms with E-state index in [-0.39, 0.29) is 11.5 Å². The zero-order valence-corrected chi connectivity index (χ0v) is 31.1. The highest BCUT2D eigenvalue weighted by molar-refractivity contribution is 6.28. The van der Waals surface area contributed by atoms with Crippen LogP contribution in [0.5, 0.6) is 23.0 Å². The lowest BCUT2D eigenvalue weighted by atomic mass is 9.91. The van der Waals surface area contributed by atoms with E-state index in [2.05, 4.69) is 82.6 Å². The molecule has 278 valence electrons. The Balaban J connectivity index is 1.14. The maximum Gasteiger partial charge on any atom is 0.165 e. The monoisotopic (exact) mass is 756 g/mol. The summed E-state index contributed by atoms with van der Waals surface area (Å²) in [7, 11) is 0. The van der Waals surface area contributed by atoms with Crippen molar-refractivity contribution in [3.05, 3.63) is 218 Å². The molecule has 0 aliphatic rings. The average molecular weight is 757 g/mol. The molecule has 0 saturated carbocycles. The third-order valence-electron chi connectivity index (χ3n) is 10.4. The molecular weight excluding hydrogens is 723 g/mol. The van der Waals surface area contributed by atoms with Gasteiger partial charge in [0.05, 0.1) is 11.4 Å². The van der Waals surface area contributed by atoms with E-state index >= 15 is 0 Å². The Morgan fingerprint density at radius 2 is 0.707 bits per heavy atom. The SMILES string of the molecule is Fc1ccccc1Oc1cccc(N(c2ccccc2)c2ccc3ccc4c(N(c5ccccc5)c5cccc(Oc6ccccc6F)c5)ccc5ccc2c3c54)c1. The predicted molar refractivity (Wildman–Crippen MR) is 232 cm³/mol. The third-order valence-corrected chi connectivity index (χ3v) is 10.4. The normalized spacial score (nSPS) is 11.3. The van der Waals surface area contributed by atoms with Gasteiger partial charge in [0.1, 0.15) is 11.5 Å². The number of anilines is 6. The van der Waals surface area contributed by atoms with Crippen LogP contribution in [0.4, 0.5) is 42.9 Å². The number of rotatable bonds is 10. The number of halogens is 2. The fourth-order valence-corrected chi connectivity index (χ4v) is 7.85. The van der Waals surface area contributed by atoms with Crippen LogP contribution in [0.25, 0.3) is 32.3 Å². The molecule has 0 unspecified atom stereocenters. The van der Waals surface area contributed by atoms with E-state index in [4.69, 9.17) is 9.47 Å². The number of ether oxygens (including phenoxy) is 2. The molecule has 0 radical (unpaired) electrons. The fourth-order valence-electron chi connectivity index (χ4n) is 7.85. The summed E-state index contributed by atoms with van der Waals surface area (Å²) >= 11 is 0. The van der Waals surface area contributed by atoms with E-state index in [1.54, 1.807) is 36.4 Å². The van der Waals surface area contributed by atoms with Crippen molar-refractivity contribution < 1.29 is 18.3 Å². The Bertz CT molecular complexity index is 2860. The summed E-state index contributed by atoms with van der Waals surface area (Å²) in [5.41, 5.74) is 5.63. The average Bonchev–Trinajstić information content (AvgIpc) is 3.26. The van der Waals surface area contributed by atoms with Crippen molar-refractivity contribution in [1.29, 1.82) is 0 Å². The van der Waals surface area contributed by atoms with Crippen LogP contribution in [0.15, 0.2) is 206 Å². The lowest BCUT2D eigenvalue weighted by Gasteiger charge is -2.29. The molecule has 0 aliphatic heterocycles. The molecule has 4 nitrogen and oxygen atoms in total. The van der Waals surface area contributed by atoms with Crippen LogP contribution < -0.4 is 19.3 Å². The summed E-state index contributed by atoms with van der Waals surface area (Å²) in [6, 6.07) is 66.3. The van der Waals surface area contributed by atoms with Gasteiger partial charge >= 0.3 is 0 Å². The highest BCUT2D eigenvalue weighted by Gasteiger charge is 2.22. The van der Waals surface area contributed by atoms with E-state index < -0.39 is 11.6 Å². The third kappa shape index (κ3) is 6.36. The lowest BCUT2D eigenvalue weighted by Crippen LogP contribution is -2.11. The number of hydrogen-bond donors (Lipinski definition) is 0. The summed E-state index contributed by atoms with van der Waals surface area (Å²) in [5, 5.41) is 6.65. The first-order chi connectivity index (χ1) is 28.6. The minimum atomic E-state index is -0.423. The van der Waals surface area contributed by atoms with Gasteiger partial charge in [0.2, 0.25) is 0 Å². The van der Waals surface area contributed by atoms with Crippen LogP contribution in [0.3, 0.4) is 0 Å². The van der Waals surface area contributed by atoms with Crippen LogP contribution in [-0.4, -0.2) is 0 Å². The highest BCUT2D eigenvalue weighted by Crippen LogP contribution is 2.48. The molecule has 0 fully saturated rings. The molecule has 6 heteroatoms. The first-order valence-electron chi connectivity index (χ1n) is 19.0. The van der Waals surface area contributed by atoms with Crippen molar-refractivity contribution in [1.82, 2.24) is 0 Å². The molecular formula is C52H34F2N2O2. The second-order valence-corrected chi connectivity index (χ2v) is 14.0. The van der Waals surface area contributed by atoms with Crippen LogP contribution in [0.1, 0.15) is 0 Å². The van der Waals surface area contributed by atoms with Gasteiger partial charge in [-0.25, -0.2) is 8.78 Å². The van der Waals surface area contributed by atoms with Gasteiger partial charge in [-0.2, -0.15) is 0 Å². The van der Waals surface area contributed by atoms with Gasteiger partial charge in [-0.3, -0.25) is 0 Å². The number of nitrogens with zero attached hydrogens (tertiary/aromatic N) is 2. The van der Waals surface area contributed by atoms with Crippen molar-refractivity contribution >= 4 is 66.4 Å². The molecule has 10 aromatic rings. The molecule has 0 spiro atoms. The fraction of sp³-hybridized carbons (Fsp3) is 0. The minimum Gasteiger partial charge on any atom is -0.454 e. The zero-order chi connectivity index (χ0) is 39.0. The van der Waals surface area contributed by atoms with Crippen LogP contribution >= 0.6 is 0 Å². The van der Waals surface area contributed by atoms with E-state index in [9.17, 15) is 8.78 Å².